The molecule has 3 N–H and O–H groups in total. The predicted octanol–water partition coefficient (Wildman–Crippen LogP) is 2.91. The summed E-state index contributed by atoms with van der Waals surface area (Å²) >= 11 is 3.59. The van der Waals surface area contributed by atoms with Crippen molar-refractivity contribution in [2.75, 3.05) is 0 Å². The van der Waals surface area contributed by atoms with Crippen LogP contribution < -0.4 is 11.3 Å². The minimum absolute atomic E-state index is 0.425. The molecule has 1 aromatic carbocycles. The van der Waals surface area contributed by atoms with Crippen LogP contribution in [0, 0.1) is 6.92 Å². The minimum atomic E-state index is 0.425. The highest BCUT2D eigenvalue weighted by atomic mass is 79.9. The molecule has 1 aliphatic rings. The van der Waals surface area contributed by atoms with Gasteiger partial charge in [0.2, 0.25) is 0 Å². The molecule has 17 heavy (non-hydrogen) atoms. The Hall–Kier alpha value is -0.870. The number of nitrogens with one attached hydrogen (secondary N) is 1. The summed E-state index contributed by atoms with van der Waals surface area (Å²) in [7, 11) is 0. The van der Waals surface area contributed by atoms with Crippen molar-refractivity contribution in [3.8, 4) is 0 Å². The van der Waals surface area contributed by atoms with Crippen molar-refractivity contribution in [3.63, 3.8) is 0 Å². The lowest BCUT2D eigenvalue weighted by Gasteiger charge is -2.12. The second kappa shape index (κ2) is 5.65. The summed E-state index contributed by atoms with van der Waals surface area (Å²) < 4.78 is 1.06. The Balaban J connectivity index is 2.31. The van der Waals surface area contributed by atoms with Crippen molar-refractivity contribution in [2.24, 2.45) is 10.8 Å². The van der Waals surface area contributed by atoms with E-state index >= 15 is 0 Å². The first-order chi connectivity index (χ1) is 8.22. The van der Waals surface area contributed by atoms with Crippen LogP contribution in [0.1, 0.15) is 36.8 Å². The van der Waals surface area contributed by atoms with Crippen LogP contribution >= 0.6 is 15.9 Å². The Kier molecular flexibility index (Phi) is 4.18. The highest BCUT2D eigenvalue weighted by molar-refractivity contribution is 9.10. The molecule has 1 aliphatic carbocycles. The first-order valence-electron chi connectivity index (χ1n) is 6.02. The molecule has 1 fully saturated rings. The van der Waals surface area contributed by atoms with Crippen LogP contribution in [0.2, 0.25) is 0 Å². The Bertz CT molecular complexity index is 423. The van der Waals surface area contributed by atoms with Crippen molar-refractivity contribution >= 4 is 21.8 Å². The molecule has 1 saturated carbocycles. The number of rotatable bonds is 2. The van der Waals surface area contributed by atoms with Gasteiger partial charge in [-0.3, -0.25) is 4.99 Å². The Morgan fingerprint density at radius 2 is 2.12 bits per heavy atom. The molecule has 0 amide bonds. The third-order valence-electron chi connectivity index (χ3n) is 3.22. The third-order valence-corrected chi connectivity index (χ3v) is 4.27. The molecule has 0 aliphatic heterocycles. The maximum Gasteiger partial charge on any atom is 0.143 e. The molecule has 0 unspecified atom stereocenters. The van der Waals surface area contributed by atoms with Crippen molar-refractivity contribution in [1.82, 2.24) is 5.43 Å². The monoisotopic (exact) mass is 295 g/mol. The van der Waals surface area contributed by atoms with E-state index in [1.165, 1.54) is 31.2 Å². The van der Waals surface area contributed by atoms with Crippen LogP contribution in [0.4, 0.5) is 0 Å². The van der Waals surface area contributed by atoms with Gasteiger partial charge in [0.25, 0.3) is 0 Å². The van der Waals surface area contributed by atoms with Crippen LogP contribution in [-0.4, -0.2) is 11.9 Å². The molecule has 1 aromatic rings. The van der Waals surface area contributed by atoms with Gasteiger partial charge in [0.1, 0.15) is 5.84 Å². The Morgan fingerprint density at radius 3 is 2.76 bits per heavy atom. The summed E-state index contributed by atoms with van der Waals surface area (Å²) in [5.74, 6) is 6.38. The molecule has 0 bridgehead atoms. The molecule has 0 atom stereocenters. The van der Waals surface area contributed by atoms with Gasteiger partial charge in [0, 0.05) is 10.0 Å². The zero-order valence-corrected chi connectivity index (χ0v) is 11.6. The van der Waals surface area contributed by atoms with Gasteiger partial charge in [0.15, 0.2) is 0 Å². The van der Waals surface area contributed by atoms with Gasteiger partial charge in [0.05, 0.1) is 6.04 Å². The van der Waals surface area contributed by atoms with E-state index in [0.717, 1.165) is 15.9 Å². The van der Waals surface area contributed by atoms with Crippen molar-refractivity contribution in [3.05, 3.63) is 33.8 Å². The highest BCUT2D eigenvalue weighted by Crippen LogP contribution is 2.24. The smallest absolute Gasteiger partial charge is 0.143 e. The molecular formula is C13H18BrN3. The number of aliphatic imine (C=N–C) groups is 1. The summed E-state index contributed by atoms with van der Waals surface area (Å²) in [5, 5.41) is 0. The topological polar surface area (TPSA) is 50.4 Å². The summed E-state index contributed by atoms with van der Waals surface area (Å²) in [4.78, 5) is 4.72. The van der Waals surface area contributed by atoms with Crippen molar-refractivity contribution in [2.45, 2.75) is 38.6 Å². The van der Waals surface area contributed by atoms with Crippen molar-refractivity contribution < 1.29 is 0 Å². The minimum Gasteiger partial charge on any atom is -0.308 e. The van der Waals surface area contributed by atoms with Gasteiger partial charge in [-0.25, -0.2) is 5.84 Å². The van der Waals surface area contributed by atoms with Gasteiger partial charge in [-0.2, -0.15) is 0 Å². The van der Waals surface area contributed by atoms with Gasteiger partial charge < -0.3 is 5.43 Å². The zero-order chi connectivity index (χ0) is 12.3. The summed E-state index contributed by atoms with van der Waals surface area (Å²) in [5.41, 5.74) is 4.97. The van der Waals surface area contributed by atoms with E-state index in [0.29, 0.717) is 6.04 Å². The molecule has 0 radical (unpaired) electrons. The summed E-state index contributed by atoms with van der Waals surface area (Å²) in [6.45, 7) is 2.07. The van der Waals surface area contributed by atoms with Crippen molar-refractivity contribution in [1.29, 1.82) is 0 Å². The number of halogens is 1. The average molecular weight is 296 g/mol. The Labute approximate surface area is 111 Å². The predicted molar refractivity (Wildman–Crippen MR) is 75.0 cm³/mol. The third kappa shape index (κ3) is 2.87. The second-order valence-electron chi connectivity index (χ2n) is 4.50. The first kappa shape index (κ1) is 12.6. The lowest BCUT2D eigenvalue weighted by Crippen LogP contribution is -2.32. The van der Waals surface area contributed by atoms with Crippen LogP contribution in [-0.2, 0) is 0 Å². The SMILES string of the molecule is Cc1cccc(C(=NC2CCCC2)NN)c1Br. The van der Waals surface area contributed by atoms with E-state index in [1.807, 2.05) is 12.1 Å². The molecule has 0 aromatic heterocycles. The van der Waals surface area contributed by atoms with E-state index in [9.17, 15) is 0 Å². The standard InChI is InChI=1S/C13H18BrN3/c1-9-5-4-8-11(12(9)14)13(17-15)16-10-6-2-3-7-10/h4-5,8,10H,2-3,6-7,15H2,1H3,(H,16,17). The van der Waals surface area contributed by atoms with E-state index < -0.39 is 0 Å². The number of aryl methyl sites for hydroxylation is 1. The number of amidine groups is 1. The largest absolute Gasteiger partial charge is 0.308 e. The first-order valence-corrected chi connectivity index (χ1v) is 6.81. The molecule has 0 saturated heterocycles. The normalized spacial score (nSPS) is 17.5. The average Bonchev–Trinajstić information content (AvgIpc) is 2.83. The quantitative estimate of drug-likeness (QED) is 0.381. The molecule has 92 valence electrons. The van der Waals surface area contributed by atoms with Gasteiger partial charge >= 0.3 is 0 Å². The van der Waals surface area contributed by atoms with Crippen LogP contribution in [0.5, 0.6) is 0 Å². The molecule has 0 heterocycles. The number of benzene rings is 1. The van der Waals surface area contributed by atoms with Crippen LogP contribution in [0.3, 0.4) is 0 Å². The highest BCUT2D eigenvalue weighted by Gasteiger charge is 2.16. The summed E-state index contributed by atoms with van der Waals surface area (Å²) in [6, 6.07) is 6.55. The van der Waals surface area contributed by atoms with E-state index in [4.69, 9.17) is 10.8 Å². The number of hydrogen-bond donors (Lipinski definition) is 2. The second-order valence-corrected chi connectivity index (χ2v) is 5.29. The lowest BCUT2D eigenvalue weighted by molar-refractivity contribution is 0.700. The molecular weight excluding hydrogens is 278 g/mol. The number of nitrogens with two attached hydrogens (primary N) is 1. The maximum absolute atomic E-state index is 5.60. The van der Waals surface area contributed by atoms with E-state index in [2.05, 4.69) is 34.3 Å². The lowest BCUT2D eigenvalue weighted by atomic mass is 10.1. The van der Waals surface area contributed by atoms with E-state index in [1.54, 1.807) is 0 Å². The number of hydrazine groups is 1. The fourth-order valence-electron chi connectivity index (χ4n) is 2.23. The molecule has 0 spiro atoms. The number of hydrogen-bond acceptors (Lipinski definition) is 2. The molecule has 2 rings (SSSR count). The molecule has 3 nitrogen and oxygen atoms in total. The fourth-order valence-corrected chi connectivity index (χ4v) is 2.68. The van der Waals surface area contributed by atoms with E-state index in [-0.39, 0.29) is 0 Å². The van der Waals surface area contributed by atoms with Crippen LogP contribution in [0.25, 0.3) is 0 Å². The van der Waals surface area contributed by atoms with Gasteiger partial charge in [-0.1, -0.05) is 31.0 Å². The van der Waals surface area contributed by atoms with Gasteiger partial charge in [-0.15, -0.1) is 0 Å². The fraction of sp³-hybridized carbons (Fsp3) is 0.462. The Morgan fingerprint density at radius 1 is 1.41 bits per heavy atom. The van der Waals surface area contributed by atoms with Gasteiger partial charge in [-0.05, 0) is 41.3 Å². The van der Waals surface area contributed by atoms with Crippen LogP contribution in [0.15, 0.2) is 27.7 Å². The summed E-state index contributed by atoms with van der Waals surface area (Å²) in [6.07, 6.45) is 4.91. The maximum atomic E-state index is 5.60. The molecule has 4 heteroatoms. The number of nitrogens with zero attached hydrogens (tertiary/aromatic N) is 1. The zero-order valence-electron chi connectivity index (χ0n) is 10.0.